The van der Waals surface area contributed by atoms with Gasteiger partial charge in [0.2, 0.25) is 0 Å². The predicted octanol–water partition coefficient (Wildman–Crippen LogP) is 3.76. The Bertz CT molecular complexity index is 656. The lowest BCUT2D eigenvalue weighted by molar-refractivity contribution is 0.0602. The van der Waals surface area contributed by atoms with Crippen LogP contribution >= 0.6 is 11.6 Å². The van der Waals surface area contributed by atoms with Crippen LogP contribution in [0.25, 0.3) is 0 Å². The Hall–Kier alpha value is -2.20. The molecule has 0 amide bonds. The second-order valence-corrected chi connectivity index (χ2v) is 4.78. The van der Waals surface area contributed by atoms with Crippen LogP contribution in [0.2, 0.25) is 5.02 Å². The summed E-state index contributed by atoms with van der Waals surface area (Å²) in [6.45, 7) is 1.95. The highest BCUT2D eigenvalue weighted by molar-refractivity contribution is 6.33. The molecule has 0 fully saturated rings. The molecule has 0 saturated heterocycles. The average Bonchev–Trinajstić information content (AvgIpc) is 2.42. The first-order valence-electron chi connectivity index (χ1n) is 6.03. The number of carbonyl (C=O) groups excluding carboxylic acids is 1. The molecule has 2 aromatic rings. The summed E-state index contributed by atoms with van der Waals surface area (Å²) in [7, 11) is 1.33. The summed E-state index contributed by atoms with van der Waals surface area (Å²) in [6.07, 6.45) is 0. The fraction of sp³-hybridized carbons (Fsp3) is 0.133. The maximum atomic E-state index is 11.8. The van der Waals surface area contributed by atoms with E-state index in [9.17, 15) is 4.79 Å². The van der Waals surface area contributed by atoms with Gasteiger partial charge in [0.15, 0.2) is 0 Å². The van der Waals surface area contributed by atoms with Crippen molar-refractivity contribution >= 4 is 34.6 Å². The number of hydrogen-bond acceptors (Lipinski definition) is 4. The highest BCUT2D eigenvalue weighted by Gasteiger charge is 2.15. The molecule has 0 bridgehead atoms. The molecule has 104 valence electrons. The van der Waals surface area contributed by atoms with Crippen molar-refractivity contribution in [3.63, 3.8) is 0 Å². The number of anilines is 3. The van der Waals surface area contributed by atoms with E-state index in [2.05, 4.69) is 5.32 Å². The zero-order valence-corrected chi connectivity index (χ0v) is 12.0. The predicted molar refractivity (Wildman–Crippen MR) is 81.7 cm³/mol. The molecular weight excluding hydrogens is 276 g/mol. The highest BCUT2D eigenvalue weighted by atomic mass is 35.5. The van der Waals surface area contributed by atoms with Crippen LogP contribution in [0.4, 0.5) is 17.1 Å². The molecule has 20 heavy (non-hydrogen) atoms. The molecule has 0 spiro atoms. The fourth-order valence-electron chi connectivity index (χ4n) is 1.85. The smallest absolute Gasteiger partial charge is 0.340 e. The van der Waals surface area contributed by atoms with Crippen molar-refractivity contribution in [3.8, 4) is 0 Å². The number of carbonyl (C=O) groups is 1. The summed E-state index contributed by atoms with van der Waals surface area (Å²) in [5.74, 6) is -0.456. The van der Waals surface area contributed by atoms with Gasteiger partial charge in [-0.25, -0.2) is 4.79 Å². The summed E-state index contributed by atoms with van der Waals surface area (Å²) in [6, 6.07) is 10.6. The van der Waals surface area contributed by atoms with Crippen LogP contribution in [-0.2, 0) is 4.74 Å². The molecule has 5 heteroatoms. The van der Waals surface area contributed by atoms with Gasteiger partial charge in [0.1, 0.15) is 0 Å². The van der Waals surface area contributed by atoms with E-state index in [1.807, 2.05) is 25.1 Å². The molecule has 0 saturated carbocycles. The van der Waals surface area contributed by atoms with Crippen LogP contribution in [0.15, 0.2) is 36.4 Å². The number of rotatable bonds is 3. The second-order valence-electron chi connectivity index (χ2n) is 4.37. The topological polar surface area (TPSA) is 64.3 Å². The molecule has 0 atom stereocenters. The van der Waals surface area contributed by atoms with Gasteiger partial charge in [-0.2, -0.15) is 0 Å². The molecule has 2 rings (SSSR count). The van der Waals surface area contributed by atoms with E-state index < -0.39 is 5.97 Å². The Morgan fingerprint density at radius 2 is 2.05 bits per heavy atom. The zero-order chi connectivity index (χ0) is 14.7. The van der Waals surface area contributed by atoms with Gasteiger partial charge in [-0.15, -0.1) is 0 Å². The van der Waals surface area contributed by atoms with E-state index >= 15 is 0 Å². The maximum Gasteiger partial charge on any atom is 0.340 e. The quantitative estimate of drug-likeness (QED) is 0.667. The van der Waals surface area contributed by atoms with Crippen molar-refractivity contribution in [2.75, 3.05) is 18.2 Å². The van der Waals surface area contributed by atoms with Crippen molar-refractivity contribution in [3.05, 3.63) is 52.5 Å². The SMILES string of the molecule is COC(=O)c1cccc(N)c1Nc1ccc(C)cc1Cl. The van der Waals surface area contributed by atoms with Crippen molar-refractivity contribution < 1.29 is 9.53 Å². The number of para-hydroxylation sites is 1. The Kier molecular flexibility index (Phi) is 4.15. The Morgan fingerprint density at radius 3 is 2.70 bits per heavy atom. The summed E-state index contributed by atoms with van der Waals surface area (Å²) < 4.78 is 4.75. The van der Waals surface area contributed by atoms with E-state index in [-0.39, 0.29) is 0 Å². The fourth-order valence-corrected chi connectivity index (χ4v) is 2.13. The summed E-state index contributed by atoms with van der Waals surface area (Å²) >= 11 is 6.18. The van der Waals surface area contributed by atoms with E-state index in [4.69, 9.17) is 22.1 Å². The van der Waals surface area contributed by atoms with E-state index in [0.717, 1.165) is 5.56 Å². The number of nitrogens with one attached hydrogen (secondary N) is 1. The van der Waals surface area contributed by atoms with Crippen LogP contribution in [0, 0.1) is 6.92 Å². The Labute approximate surface area is 122 Å². The summed E-state index contributed by atoms with van der Waals surface area (Å²) in [4.78, 5) is 11.8. The minimum absolute atomic E-state index is 0.365. The number of ether oxygens (including phenoxy) is 1. The number of hydrogen-bond donors (Lipinski definition) is 2. The first-order chi connectivity index (χ1) is 9.52. The Morgan fingerprint density at radius 1 is 1.30 bits per heavy atom. The van der Waals surface area contributed by atoms with E-state index in [1.54, 1.807) is 18.2 Å². The molecule has 0 aromatic heterocycles. The minimum atomic E-state index is -0.456. The summed E-state index contributed by atoms with van der Waals surface area (Å²) in [5.41, 5.74) is 8.96. The van der Waals surface area contributed by atoms with Gasteiger partial charge in [-0.05, 0) is 36.8 Å². The lowest BCUT2D eigenvalue weighted by Gasteiger charge is -2.14. The van der Waals surface area contributed by atoms with Crippen molar-refractivity contribution in [1.82, 2.24) is 0 Å². The first-order valence-corrected chi connectivity index (χ1v) is 6.40. The molecule has 2 aromatic carbocycles. The number of esters is 1. The lowest BCUT2D eigenvalue weighted by Crippen LogP contribution is -2.08. The molecule has 0 unspecified atom stereocenters. The van der Waals surface area contributed by atoms with Gasteiger partial charge in [-0.3, -0.25) is 0 Å². The molecule has 0 aliphatic heterocycles. The zero-order valence-electron chi connectivity index (χ0n) is 11.2. The number of aryl methyl sites for hydroxylation is 1. The number of nitrogen functional groups attached to an aromatic ring is 1. The third kappa shape index (κ3) is 2.86. The van der Waals surface area contributed by atoms with Crippen molar-refractivity contribution in [1.29, 1.82) is 0 Å². The first kappa shape index (κ1) is 14.2. The molecule has 3 N–H and O–H groups in total. The second kappa shape index (κ2) is 5.84. The van der Waals surface area contributed by atoms with Gasteiger partial charge in [0.05, 0.1) is 34.8 Å². The molecule has 0 heterocycles. The van der Waals surface area contributed by atoms with Crippen LogP contribution < -0.4 is 11.1 Å². The van der Waals surface area contributed by atoms with Gasteiger partial charge in [0.25, 0.3) is 0 Å². The maximum absolute atomic E-state index is 11.8. The molecule has 0 radical (unpaired) electrons. The van der Waals surface area contributed by atoms with Crippen LogP contribution in [0.1, 0.15) is 15.9 Å². The standard InChI is InChI=1S/C15H15ClN2O2/c1-9-6-7-13(11(16)8-9)18-14-10(15(19)20-2)4-3-5-12(14)17/h3-8,18H,17H2,1-2H3. The van der Waals surface area contributed by atoms with Gasteiger partial charge < -0.3 is 15.8 Å². The third-order valence-electron chi connectivity index (χ3n) is 2.89. The molecular formula is C15H15ClN2O2. The lowest BCUT2D eigenvalue weighted by atomic mass is 10.1. The van der Waals surface area contributed by atoms with Crippen LogP contribution in [0.5, 0.6) is 0 Å². The third-order valence-corrected chi connectivity index (χ3v) is 3.20. The number of nitrogens with two attached hydrogens (primary N) is 1. The normalized spacial score (nSPS) is 10.2. The van der Waals surface area contributed by atoms with Crippen LogP contribution in [-0.4, -0.2) is 13.1 Å². The largest absolute Gasteiger partial charge is 0.465 e. The number of methoxy groups -OCH3 is 1. The molecule has 0 aliphatic rings. The van der Waals surface area contributed by atoms with Gasteiger partial charge in [0, 0.05) is 0 Å². The van der Waals surface area contributed by atoms with Crippen molar-refractivity contribution in [2.24, 2.45) is 0 Å². The monoisotopic (exact) mass is 290 g/mol. The Balaban J connectivity index is 2.45. The molecule has 4 nitrogen and oxygen atoms in total. The highest BCUT2D eigenvalue weighted by Crippen LogP contribution is 2.31. The average molecular weight is 291 g/mol. The van der Waals surface area contributed by atoms with E-state index in [0.29, 0.717) is 27.6 Å². The number of benzene rings is 2. The number of halogens is 1. The van der Waals surface area contributed by atoms with E-state index in [1.165, 1.54) is 7.11 Å². The molecule has 0 aliphatic carbocycles. The minimum Gasteiger partial charge on any atom is -0.465 e. The van der Waals surface area contributed by atoms with Crippen LogP contribution in [0.3, 0.4) is 0 Å². The van der Waals surface area contributed by atoms with Gasteiger partial charge >= 0.3 is 5.97 Å². The summed E-state index contributed by atoms with van der Waals surface area (Å²) in [5, 5.41) is 3.65. The van der Waals surface area contributed by atoms with Crippen molar-refractivity contribution in [2.45, 2.75) is 6.92 Å². The van der Waals surface area contributed by atoms with Gasteiger partial charge in [-0.1, -0.05) is 23.7 Å².